The van der Waals surface area contributed by atoms with Gasteiger partial charge in [0.2, 0.25) is 11.8 Å². The average Bonchev–Trinajstić information content (AvgIpc) is 3.11. The highest BCUT2D eigenvalue weighted by Gasteiger charge is 2.27. The van der Waals surface area contributed by atoms with Crippen molar-refractivity contribution in [3.63, 3.8) is 0 Å². The molecule has 0 saturated carbocycles. The average molecular weight is 356 g/mol. The van der Waals surface area contributed by atoms with E-state index in [4.69, 9.17) is 9.47 Å². The summed E-state index contributed by atoms with van der Waals surface area (Å²) < 4.78 is 11.0. The van der Waals surface area contributed by atoms with Gasteiger partial charge in [0.05, 0.1) is 20.1 Å². The Labute approximate surface area is 153 Å². The van der Waals surface area contributed by atoms with Crippen molar-refractivity contribution in [1.82, 2.24) is 15.1 Å². The maximum Gasteiger partial charge on any atom is 0.233 e. The fourth-order valence-corrected chi connectivity index (χ4v) is 2.87. The van der Waals surface area contributed by atoms with Crippen LogP contribution in [0.3, 0.4) is 0 Å². The molecule has 1 aliphatic rings. The summed E-state index contributed by atoms with van der Waals surface area (Å²) in [7, 11) is 5.45. The van der Waals surface area contributed by atoms with Crippen molar-refractivity contribution >= 4 is 11.7 Å². The zero-order chi connectivity index (χ0) is 18.5. The minimum atomic E-state index is -0.0469. The summed E-state index contributed by atoms with van der Waals surface area (Å²) in [5.41, 5.74) is 0.977. The zero-order valence-electron chi connectivity index (χ0n) is 15.4. The summed E-state index contributed by atoms with van der Waals surface area (Å²) in [6.45, 7) is 1.27. The van der Waals surface area contributed by atoms with Crippen molar-refractivity contribution < 1.29 is 14.3 Å². The zero-order valence-corrected chi connectivity index (χ0v) is 15.4. The molecule has 7 heteroatoms. The molecule has 1 aliphatic heterocycles. The van der Waals surface area contributed by atoms with Crippen LogP contribution in [-0.2, 0) is 11.2 Å². The number of carbonyl (C=O) groups is 1. The molecule has 7 nitrogen and oxygen atoms in total. The van der Waals surface area contributed by atoms with Gasteiger partial charge in [0.15, 0.2) is 5.82 Å². The largest absolute Gasteiger partial charge is 0.497 e. The van der Waals surface area contributed by atoms with E-state index in [1.807, 2.05) is 60.3 Å². The number of aromatic nitrogens is 2. The number of anilines is 1. The molecule has 1 unspecified atom stereocenters. The highest BCUT2D eigenvalue weighted by molar-refractivity contribution is 5.79. The lowest BCUT2D eigenvalue weighted by atomic mass is 10.1. The molecule has 1 amide bonds. The van der Waals surface area contributed by atoms with Gasteiger partial charge >= 0.3 is 0 Å². The minimum absolute atomic E-state index is 0.0469. The molecule has 0 radical (unpaired) electrons. The first-order valence-electron chi connectivity index (χ1n) is 8.63. The minimum Gasteiger partial charge on any atom is -0.497 e. The van der Waals surface area contributed by atoms with Crippen LogP contribution in [0.2, 0.25) is 0 Å². The molecule has 26 heavy (non-hydrogen) atoms. The molecule has 1 atom stereocenters. The summed E-state index contributed by atoms with van der Waals surface area (Å²) >= 11 is 0. The Morgan fingerprint density at radius 3 is 2.58 bits per heavy atom. The van der Waals surface area contributed by atoms with Crippen LogP contribution in [-0.4, -0.2) is 61.4 Å². The van der Waals surface area contributed by atoms with Gasteiger partial charge in [-0.05, 0) is 23.8 Å². The Morgan fingerprint density at radius 1 is 1.19 bits per heavy atom. The van der Waals surface area contributed by atoms with Gasteiger partial charge < -0.3 is 19.3 Å². The van der Waals surface area contributed by atoms with E-state index in [9.17, 15) is 4.79 Å². The Balaban J connectivity index is 1.51. The first kappa shape index (κ1) is 18.0. The van der Waals surface area contributed by atoms with Gasteiger partial charge in [-0.25, -0.2) is 0 Å². The Morgan fingerprint density at radius 2 is 1.96 bits per heavy atom. The monoisotopic (exact) mass is 356 g/mol. The standard InChI is InChI=1S/C19H24N4O3/c1-22(2)17-8-9-18(21-20-17)26-16-10-11-23(13-16)19(24)12-14-4-6-15(25-3)7-5-14/h4-9,16H,10-13H2,1-3H3. The van der Waals surface area contributed by atoms with Crippen LogP contribution in [0.25, 0.3) is 0 Å². The van der Waals surface area contributed by atoms with Crippen LogP contribution in [0.1, 0.15) is 12.0 Å². The number of rotatable bonds is 6. The van der Waals surface area contributed by atoms with E-state index in [0.29, 0.717) is 25.4 Å². The normalized spacial score (nSPS) is 16.4. The maximum absolute atomic E-state index is 12.5. The van der Waals surface area contributed by atoms with Crippen molar-refractivity contribution in [3.8, 4) is 11.6 Å². The Bertz CT molecular complexity index is 731. The molecule has 138 valence electrons. The van der Waals surface area contributed by atoms with E-state index in [1.165, 1.54) is 0 Å². The molecular weight excluding hydrogens is 332 g/mol. The topological polar surface area (TPSA) is 67.8 Å². The number of ether oxygens (including phenoxy) is 2. The van der Waals surface area contributed by atoms with Gasteiger partial charge in [-0.3, -0.25) is 4.79 Å². The summed E-state index contributed by atoms with van der Waals surface area (Å²) in [4.78, 5) is 16.2. The smallest absolute Gasteiger partial charge is 0.233 e. The predicted octanol–water partition coefficient (Wildman–Crippen LogP) is 1.77. The number of hydrogen-bond acceptors (Lipinski definition) is 6. The van der Waals surface area contributed by atoms with Crippen LogP contribution in [0, 0.1) is 0 Å². The molecule has 1 aromatic heterocycles. The SMILES string of the molecule is COc1ccc(CC(=O)N2CCC(Oc3ccc(N(C)C)nn3)C2)cc1. The summed E-state index contributed by atoms with van der Waals surface area (Å²) in [6.07, 6.45) is 1.13. The van der Waals surface area contributed by atoms with Crippen molar-refractivity contribution in [1.29, 1.82) is 0 Å². The van der Waals surface area contributed by atoms with Gasteiger partial charge in [0.1, 0.15) is 11.9 Å². The molecule has 3 rings (SSSR count). The summed E-state index contributed by atoms with van der Waals surface area (Å²) in [5, 5.41) is 8.19. The van der Waals surface area contributed by atoms with Crippen LogP contribution < -0.4 is 14.4 Å². The number of carbonyl (C=O) groups excluding carboxylic acids is 1. The van der Waals surface area contributed by atoms with Crippen LogP contribution in [0.5, 0.6) is 11.6 Å². The van der Waals surface area contributed by atoms with E-state index >= 15 is 0 Å². The number of methoxy groups -OCH3 is 1. The van der Waals surface area contributed by atoms with Crippen LogP contribution in [0.4, 0.5) is 5.82 Å². The fourth-order valence-electron chi connectivity index (χ4n) is 2.87. The second-order valence-corrected chi connectivity index (χ2v) is 6.52. The second kappa shape index (κ2) is 8.03. The van der Waals surface area contributed by atoms with Gasteiger partial charge in [-0.1, -0.05) is 12.1 Å². The molecule has 1 fully saturated rings. The van der Waals surface area contributed by atoms with Gasteiger partial charge in [0, 0.05) is 33.1 Å². The summed E-state index contributed by atoms with van der Waals surface area (Å²) in [5.74, 6) is 2.16. The maximum atomic E-state index is 12.5. The van der Waals surface area contributed by atoms with E-state index in [-0.39, 0.29) is 12.0 Å². The molecule has 0 bridgehead atoms. The second-order valence-electron chi connectivity index (χ2n) is 6.52. The molecule has 0 N–H and O–H groups in total. The molecule has 2 heterocycles. The van der Waals surface area contributed by atoms with E-state index in [2.05, 4.69) is 10.2 Å². The van der Waals surface area contributed by atoms with Crippen LogP contribution in [0.15, 0.2) is 36.4 Å². The predicted molar refractivity (Wildman–Crippen MR) is 98.7 cm³/mol. The first-order valence-corrected chi connectivity index (χ1v) is 8.63. The molecule has 2 aromatic rings. The Kier molecular flexibility index (Phi) is 5.55. The molecule has 0 aliphatic carbocycles. The van der Waals surface area contributed by atoms with Crippen molar-refractivity contribution in [2.24, 2.45) is 0 Å². The van der Waals surface area contributed by atoms with E-state index in [1.54, 1.807) is 7.11 Å². The lowest BCUT2D eigenvalue weighted by molar-refractivity contribution is -0.129. The number of hydrogen-bond donors (Lipinski definition) is 0. The lowest BCUT2D eigenvalue weighted by Crippen LogP contribution is -2.32. The van der Waals surface area contributed by atoms with E-state index in [0.717, 1.165) is 23.6 Å². The number of nitrogens with zero attached hydrogens (tertiary/aromatic N) is 4. The fraction of sp³-hybridized carbons (Fsp3) is 0.421. The van der Waals surface area contributed by atoms with Crippen molar-refractivity contribution in [2.75, 3.05) is 39.2 Å². The third-order valence-electron chi connectivity index (χ3n) is 4.38. The highest BCUT2D eigenvalue weighted by atomic mass is 16.5. The number of amides is 1. The third-order valence-corrected chi connectivity index (χ3v) is 4.38. The number of likely N-dealkylation sites (tertiary alicyclic amines) is 1. The number of benzene rings is 1. The molecule has 1 aromatic carbocycles. The molecular formula is C19H24N4O3. The van der Waals surface area contributed by atoms with Crippen LogP contribution >= 0.6 is 0 Å². The third kappa shape index (κ3) is 4.41. The molecule has 0 spiro atoms. The van der Waals surface area contributed by atoms with Gasteiger partial charge in [0.25, 0.3) is 0 Å². The van der Waals surface area contributed by atoms with E-state index < -0.39 is 0 Å². The van der Waals surface area contributed by atoms with Crippen molar-refractivity contribution in [3.05, 3.63) is 42.0 Å². The quantitative estimate of drug-likeness (QED) is 0.786. The Hall–Kier alpha value is -2.83. The first-order chi connectivity index (χ1) is 12.5. The summed E-state index contributed by atoms with van der Waals surface area (Å²) in [6, 6.07) is 11.3. The highest BCUT2D eigenvalue weighted by Crippen LogP contribution is 2.19. The lowest BCUT2D eigenvalue weighted by Gasteiger charge is -2.17. The van der Waals surface area contributed by atoms with Crippen molar-refractivity contribution in [2.45, 2.75) is 18.9 Å². The van der Waals surface area contributed by atoms with Gasteiger partial charge in [-0.15, -0.1) is 10.2 Å². The molecule has 1 saturated heterocycles. The van der Waals surface area contributed by atoms with Gasteiger partial charge in [-0.2, -0.15) is 0 Å².